The smallest absolute Gasteiger partial charge is 0.246 e. The molecule has 0 spiro atoms. The van der Waals surface area contributed by atoms with Crippen molar-refractivity contribution in [2.24, 2.45) is 4.99 Å². The third kappa shape index (κ3) is 6.01. The van der Waals surface area contributed by atoms with Gasteiger partial charge >= 0.3 is 0 Å². The molecule has 0 bridgehead atoms. The maximum atomic E-state index is 12.2. The first-order valence-electron chi connectivity index (χ1n) is 9.81. The molecule has 29 heavy (non-hydrogen) atoms. The number of nitrogens with zero attached hydrogens (tertiary/aromatic N) is 1. The third-order valence-electron chi connectivity index (χ3n) is 4.50. The van der Waals surface area contributed by atoms with Crippen LogP contribution in [-0.4, -0.2) is 38.1 Å². The van der Waals surface area contributed by atoms with Crippen molar-refractivity contribution in [2.45, 2.75) is 19.8 Å². The first kappa shape index (κ1) is 20.3. The van der Waals surface area contributed by atoms with E-state index in [9.17, 15) is 4.79 Å². The SMILES string of the molecule is C#Cc1cccc(NC(=O)CN=C(NCC)NCCc2ccc3c(c2)CCO3)c1. The molecule has 0 aromatic heterocycles. The summed E-state index contributed by atoms with van der Waals surface area (Å²) < 4.78 is 5.55. The predicted molar refractivity (Wildman–Crippen MR) is 116 cm³/mol. The normalized spacial score (nSPS) is 12.5. The minimum Gasteiger partial charge on any atom is -0.493 e. The number of rotatable bonds is 7. The van der Waals surface area contributed by atoms with Crippen LogP contribution in [0.25, 0.3) is 0 Å². The lowest BCUT2D eigenvalue weighted by Crippen LogP contribution is -2.39. The minimum atomic E-state index is -0.199. The summed E-state index contributed by atoms with van der Waals surface area (Å²) >= 11 is 0. The van der Waals surface area contributed by atoms with Crippen LogP contribution in [0.5, 0.6) is 5.75 Å². The van der Waals surface area contributed by atoms with Gasteiger partial charge in [-0.1, -0.05) is 24.1 Å². The summed E-state index contributed by atoms with van der Waals surface area (Å²) in [5.41, 5.74) is 3.91. The van der Waals surface area contributed by atoms with Crippen LogP contribution < -0.4 is 20.7 Å². The zero-order valence-corrected chi connectivity index (χ0v) is 16.6. The molecule has 0 unspecified atom stereocenters. The van der Waals surface area contributed by atoms with Crippen molar-refractivity contribution in [3.63, 3.8) is 0 Å². The van der Waals surface area contributed by atoms with E-state index in [4.69, 9.17) is 11.2 Å². The summed E-state index contributed by atoms with van der Waals surface area (Å²) in [6.45, 7) is 4.21. The molecule has 3 rings (SSSR count). The largest absolute Gasteiger partial charge is 0.493 e. The summed E-state index contributed by atoms with van der Waals surface area (Å²) in [5.74, 6) is 3.96. The van der Waals surface area contributed by atoms with E-state index >= 15 is 0 Å². The van der Waals surface area contributed by atoms with E-state index in [1.807, 2.05) is 25.1 Å². The van der Waals surface area contributed by atoms with Gasteiger partial charge in [0.05, 0.1) is 6.61 Å². The van der Waals surface area contributed by atoms with Gasteiger partial charge in [-0.3, -0.25) is 4.79 Å². The fourth-order valence-corrected chi connectivity index (χ4v) is 3.10. The van der Waals surface area contributed by atoms with Gasteiger partial charge in [-0.15, -0.1) is 6.42 Å². The van der Waals surface area contributed by atoms with Crippen LogP contribution in [0.2, 0.25) is 0 Å². The highest BCUT2D eigenvalue weighted by atomic mass is 16.5. The highest BCUT2D eigenvalue weighted by molar-refractivity contribution is 5.94. The molecule has 0 fully saturated rings. The second-order valence-electron chi connectivity index (χ2n) is 6.69. The Bertz CT molecular complexity index is 931. The number of benzene rings is 2. The predicted octanol–water partition coefficient (Wildman–Crippen LogP) is 2.34. The topological polar surface area (TPSA) is 74.8 Å². The lowest BCUT2D eigenvalue weighted by molar-refractivity contribution is -0.114. The Morgan fingerprint density at radius 1 is 1.24 bits per heavy atom. The van der Waals surface area contributed by atoms with Gasteiger partial charge < -0.3 is 20.7 Å². The van der Waals surface area contributed by atoms with Crippen LogP contribution in [-0.2, 0) is 17.6 Å². The molecule has 6 heteroatoms. The van der Waals surface area contributed by atoms with Gasteiger partial charge in [0.1, 0.15) is 12.3 Å². The van der Waals surface area contributed by atoms with E-state index in [-0.39, 0.29) is 12.5 Å². The van der Waals surface area contributed by atoms with Crippen LogP contribution in [0, 0.1) is 12.3 Å². The van der Waals surface area contributed by atoms with Crippen LogP contribution in [0.4, 0.5) is 5.69 Å². The molecule has 1 aliphatic rings. The molecule has 1 amide bonds. The number of ether oxygens (including phenoxy) is 1. The molecule has 0 saturated heterocycles. The Labute approximate surface area is 171 Å². The van der Waals surface area contributed by atoms with Crippen LogP contribution in [0.1, 0.15) is 23.6 Å². The number of fused-ring (bicyclic) bond motifs is 1. The van der Waals surface area contributed by atoms with Crippen molar-refractivity contribution in [3.05, 3.63) is 59.2 Å². The van der Waals surface area contributed by atoms with E-state index in [0.717, 1.165) is 37.3 Å². The first-order chi connectivity index (χ1) is 14.2. The van der Waals surface area contributed by atoms with Crippen molar-refractivity contribution in [2.75, 3.05) is 31.6 Å². The van der Waals surface area contributed by atoms with Crippen molar-refractivity contribution in [1.82, 2.24) is 10.6 Å². The number of hydrogen-bond donors (Lipinski definition) is 3. The van der Waals surface area contributed by atoms with E-state index in [2.05, 4.69) is 39.0 Å². The zero-order valence-electron chi connectivity index (χ0n) is 16.6. The van der Waals surface area contributed by atoms with Crippen molar-refractivity contribution in [3.8, 4) is 18.1 Å². The van der Waals surface area contributed by atoms with E-state index in [1.54, 1.807) is 12.1 Å². The molecule has 0 aliphatic carbocycles. The van der Waals surface area contributed by atoms with E-state index in [1.165, 1.54) is 11.1 Å². The Kier molecular flexibility index (Phi) is 7.12. The van der Waals surface area contributed by atoms with Gasteiger partial charge in [0, 0.05) is 30.8 Å². The molecule has 1 aliphatic heterocycles. The maximum absolute atomic E-state index is 12.2. The average molecular weight is 390 g/mol. The average Bonchev–Trinajstić information content (AvgIpc) is 3.20. The number of guanidine groups is 1. The van der Waals surface area contributed by atoms with Gasteiger partial charge in [-0.2, -0.15) is 0 Å². The Hall–Kier alpha value is -3.46. The van der Waals surface area contributed by atoms with E-state index in [0.29, 0.717) is 18.2 Å². The second-order valence-corrected chi connectivity index (χ2v) is 6.69. The number of carbonyl (C=O) groups excluding carboxylic acids is 1. The van der Waals surface area contributed by atoms with Gasteiger partial charge in [-0.25, -0.2) is 4.99 Å². The fraction of sp³-hybridized carbons (Fsp3) is 0.304. The highest BCUT2D eigenvalue weighted by Crippen LogP contribution is 2.25. The summed E-state index contributed by atoms with van der Waals surface area (Å²) in [7, 11) is 0. The molecule has 6 nitrogen and oxygen atoms in total. The van der Waals surface area contributed by atoms with E-state index < -0.39 is 0 Å². The molecule has 0 saturated carbocycles. The Morgan fingerprint density at radius 2 is 2.14 bits per heavy atom. The number of nitrogens with one attached hydrogen (secondary N) is 3. The molecule has 0 atom stereocenters. The van der Waals surface area contributed by atoms with Gasteiger partial charge in [0.25, 0.3) is 0 Å². The monoisotopic (exact) mass is 390 g/mol. The van der Waals surface area contributed by atoms with Crippen molar-refractivity contribution in [1.29, 1.82) is 0 Å². The molecule has 3 N–H and O–H groups in total. The quantitative estimate of drug-likeness (QED) is 0.385. The lowest BCUT2D eigenvalue weighted by Gasteiger charge is -2.12. The summed E-state index contributed by atoms with van der Waals surface area (Å²) in [6, 6.07) is 13.5. The molecule has 2 aromatic carbocycles. The molecule has 2 aromatic rings. The third-order valence-corrected chi connectivity index (χ3v) is 4.50. The lowest BCUT2D eigenvalue weighted by atomic mass is 10.1. The molecule has 1 heterocycles. The summed E-state index contributed by atoms with van der Waals surface area (Å²) in [5, 5.41) is 9.25. The standard InChI is InChI=1S/C23H26N4O2/c1-3-17-6-5-7-20(15-17)27-22(28)16-26-23(24-4-2)25-12-10-18-8-9-21-19(14-18)11-13-29-21/h1,5-9,14-15H,4,10-13,16H2,2H3,(H,27,28)(H2,24,25,26). The summed E-state index contributed by atoms with van der Waals surface area (Å²) in [6.07, 6.45) is 7.23. The van der Waals surface area contributed by atoms with Crippen LogP contribution >= 0.6 is 0 Å². The second kappa shape index (κ2) is 10.2. The number of anilines is 1. The fourth-order valence-electron chi connectivity index (χ4n) is 3.10. The first-order valence-corrected chi connectivity index (χ1v) is 9.81. The number of carbonyl (C=O) groups is 1. The highest BCUT2D eigenvalue weighted by Gasteiger charge is 2.11. The zero-order chi connectivity index (χ0) is 20.5. The molecular weight excluding hydrogens is 364 g/mol. The molecular formula is C23H26N4O2. The number of amides is 1. The van der Waals surface area contributed by atoms with Gasteiger partial charge in [0.15, 0.2) is 5.96 Å². The number of terminal acetylenes is 1. The van der Waals surface area contributed by atoms with Gasteiger partial charge in [0.2, 0.25) is 5.91 Å². The van der Waals surface area contributed by atoms with Crippen molar-refractivity contribution < 1.29 is 9.53 Å². The Balaban J connectivity index is 1.49. The van der Waals surface area contributed by atoms with Gasteiger partial charge in [-0.05, 0) is 48.7 Å². The molecule has 150 valence electrons. The number of hydrogen-bond acceptors (Lipinski definition) is 3. The number of aliphatic imine (C=N–C) groups is 1. The Morgan fingerprint density at radius 3 is 2.97 bits per heavy atom. The molecule has 0 radical (unpaired) electrons. The van der Waals surface area contributed by atoms with Crippen molar-refractivity contribution >= 4 is 17.6 Å². The van der Waals surface area contributed by atoms with Crippen LogP contribution in [0.15, 0.2) is 47.5 Å². The van der Waals surface area contributed by atoms with Crippen LogP contribution in [0.3, 0.4) is 0 Å². The summed E-state index contributed by atoms with van der Waals surface area (Å²) in [4.78, 5) is 16.6. The maximum Gasteiger partial charge on any atom is 0.246 e. The minimum absolute atomic E-state index is 0.0196.